The quantitative estimate of drug-likeness (QED) is 0.310. The van der Waals surface area contributed by atoms with Crippen molar-refractivity contribution in [2.75, 3.05) is 32.0 Å². The Balaban J connectivity index is 1.17. The maximum absolute atomic E-state index is 13.9. The zero-order chi connectivity index (χ0) is 27.1. The topological polar surface area (TPSA) is 54.6 Å². The smallest absolute Gasteiger partial charge is 0.416 e. The number of hydrogen-bond donors (Lipinski definition) is 1. The molecule has 0 aliphatic carbocycles. The third-order valence-corrected chi connectivity index (χ3v) is 7.98. The van der Waals surface area contributed by atoms with Crippen molar-refractivity contribution in [2.24, 2.45) is 0 Å². The highest BCUT2D eigenvalue weighted by atomic mass is 19.4. The van der Waals surface area contributed by atoms with Crippen LogP contribution >= 0.6 is 0 Å². The van der Waals surface area contributed by atoms with E-state index in [2.05, 4.69) is 39.0 Å². The number of nitrogens with zero attached hydrogens (tertiary/aromatic N) is 3. The summed E-state index contributed by atoms with van der Waals surface area (Å²) in [6, 6.07) is 22.6. The van der Waals surface area contributed by atoms with Crippen molar-refractivity contribution in [1.29, 1.82) is 0 Å². The molecule has 2 bridgehead atoms. The van der Waals surface area contributed by atoms with E-state index >= 15 is 0 Å². The lowest BCUT2D eigenvalue weighted by atomic mass is 9.97. The van der Waals surface area contributed by atoms with Crippen LogP contribution in [0, 0.1) is 6.92 Å². The van der Waals surface area contributed by atoms with E-state index in [1.807, 2.05) is 30.3 Å². The first-order chi connectivity index (χ1) is 18.8. The van der Waals surface area contributed by atoms with Gasteiger partial charge in [-0.25, -0.2) is 0 Å². The summed E-state index contributed by atoms with van der Waals surface area (Å²) in [5.74, 6) is 0.182. The summed E-state index contributed by atoms with van der Waals surface area (Å²) in [6.45, 7) is 5.65. The molecule has 2 aliphatic rings. The number of nitrogen functional groups attached to an aromatic ring is 1. The van der Waals surface area contributed by atoms with E-state index in [-0.39, 0.29) is 5.75 Å². The van der Waals surface area contributed by atoms with Crippen molar-refractivity contribution in [1.82, 2.24) is 14.8 Å². The molecule has 202 valence electrons. The number of aromatic nitrogens is 1. The molecule has 2 unspecified atom stereocenters. The Morgan fingerprint density at radius 1 is 0.949 bits per heavy atom. The summed E-state index contributed by atoms with van der Waals surface area (Å²) in [5.41, 5.74) is 9.57. The predicted molar refractivity (Wildman–Crippen MR) is 147 cm³/mol. The maximum Gasteiger partial charge on any atom is 0.416 e. The number of alkyl halides is 3. The summed E-state index contributed by atoms with van der Waals surface area (Å²) in [4.78, 5) is 9.52. The summed E-state index contributed by atoms with van der Waals surface area (Å²) in [7, 11) is 0. The molecular formula is C31H31F3N4O. The van der Waals surface area contributed by atoms with Gasteiger partial charge in [0.05, 0.1) is 16.8 Å². The van der Waals surface area contributed by atoms with E-state index in [4.69, 9.17) is 10.5 Å². The molecule has 3 heterocycles. The molecule has 4 aromatic rings. The molecule has 2 saturated heterocycles. The number of piperazine rings is 1. The minimum absolute atomic E-state index is 0.182. The lowest BCUT2D eigenvalue weighted by Crippen LogP contribution is -2.47. The van der Waals surface area contributed by atoms with Crippen molar-refractivity contribution in [3.05, 3.63) is 89.6 Å². The van der Waals surface area contributed by atoms with Gasteiger partial charge in [-0.1, -0.05) is 48.5 Å². The molecule has 39 heavy (non-hydrogen) atoms. The number of para-hydroxylation sites is 1. The minimum Gasteiger partial charge on any atom is -0.492 e. The lowest BCUT2D eigenvalue weighted by Gasteiger charge is -2.34. The highest BCUT2D eigenvalue weighted by Crippen LogP contribution is 2.40. The number of likely N-dealkylation sites (tertiary alicyclic amines) is 2. The third-order valence-electron chi connectivity index (χ3n) is 7.98. The Hall–Kier alpha value is -3.62. The van der Waals surface area contributed by atoms with Crippen molar-refractivity contribution in [2.45, 2.75) is 38.1 Å². The van der Waals surface area contributed by atoms with Crippen molar-refractivity contribution in [3.8, 4) is 16.9 Å². The number of fused-ring (bicyclic) bond motifs is 3. The van der Waals surface area contributed by atoms with Crippen molar-refractivity contribution >= 4 is 16.6 Å². The molecule has 0 amide bonds. The standard InChI is InChI=1S/C31H31F3N4O/c1-20-29(30(35)27-9-5-6-10-28(27)36-20)22-13-23(31(32,33)34)15-26(14-22)39-12-11-37-18-25-16-24(37)19-38(25)17-21-7-3-2-4-8-21/h2-10,13-15,24-25H,11-12,16-19H2,1H3,(H2,35,36). The molecule has 3 aromatic carbocycles. The van der Waals surface area contributed by atoms with Gasteiger partial charge in [-0.2, -0.15) is 13.2 Å². The Morgan fingerprint density at radius 3 is 2.41 bits per heavy atom. The van der Waals surface area contributed by atoms with Crippen LogP contribution in [0.15, 0.2) is 72.8 Å². The molecule has 0 spiro atoms. The minimum atomic E-state index is -4.52. The van der Waals surface area contributed by atoms with Crippen LogP contribution in [0.5, 0.6) is 5.75 Å². The highest BCUT2D eigenvalue weighted by molar-refractivity contribution is 5.99. The molecule has 2 atom stereocenters. The van der Waals surface area contributed by atoms with Gasteiger partial charge in [0.25, 0.3) is 0 Å². The summed E-state index contributed by atoms with van der Waals surface area (Å²) >= 11 is 0. The second kappa shape index (κ2) is 10.2. The second-order valence-electron chi connectivity index (χ2n) is 10.5. The fraction of sp³-hybridized carbons (Fsp3) is 0.323. The normalized spacial score (nSPS) is 19.7. The highest BCUT2D eigenvalue weighted by Gasteiger charge is 2.42. The van der Waals surface area contributed by atoms with Gasteiger partial charge in [-0.15, -0.1) is 0 Å². The molecule has 1 aromatic heterocycles. The largest absolute Gasteiger partial charge is 0.492 e. The SMILES string of the molecule is Cc1nc2ccccc2c(N)c1-c1cc(OCCN2CC3CC2CN3Cc2ccccc2)cc(C(F)(F)F)c1. The molecule has 0 radical (unpaired) electrons. The number of aryl methyl sites for hydroxylation is 1. The molecular weight excluding hydrogens is 501 g/mol. The Kier molecular flexibility index (Phi) is 6.69. The fourth-order valence-corrected chi connectivity index (χ4v) is 6.12. The number of nitrogens with two attached hydrogens (primary N) is 1. The number of rotatable bonds is 7. The Labute approximate surface area is 226 Å². The average molecular weight is 533 g/mol. The van der Waals surface area contributed by atoms with Gasteiger partial charge in [0.2, 0.25) is 0 Å². The Bertz CT molecular complexity index is 1490. The van der Waals surface area contributed by atoms with Gasteiger partial charge < -0.3 is 10.5 Å². The van der Waals surface area contributed by atoms with Gasteiger partial charge in [0.15, 0.2) is 0 Å². The van der Waals surface area contributed by atoms with Gasteiger partial charge in [0.1, 0.15) is 12.4 Å². The molecule has 0 saturated carbocycles. The fourth-order valence-electron chi connectivity index (χ4n) is 6.12. The van der Waals surface area contributed by atoms with Crippen LogP contribution < -0.4 is 10.5 Å². The van der Waals surface area contributed by atoms with Crippen molar-refractivity contribution < 1.29 is 17.9 Å². The zero-order valence-corrected chi connectivity index (χ0v) is 21.8. The van der Waals surface area contributed by atoms with E-state index in [1.54, 1.807) is 13.0 Å². The molecule has 5 nitrogen and oxygen atoms in total. The lowest BCUT2D eigenvalue weighted by molar-refractivity contribution is -0.137. The van der Waals surface area contributed by atoms with Gasteiger partial charge in [-0.3, -0.25) is 14.8 Å². The van der Waals surface area contributed by atoms with Crippen LogP contribution in [0.3, 0.4) is 0 Å². The first kappa shape index (κ1) is 25.6. The molecule has 2 aliphatic heterocycles. The van der Waals surface area contributed by atoms with Crippen molar-refractivity contribution in [3.63, 3.8) is 0 Å². The number of pyridine rings is 1. The first-order valence-electron chi connectivity index (χ1n) is 13.3. The molecule has 6 rings (SSSR count). The summed E-state index contributed by atoms with van der Waals surface area (Å²) in [6.07, 6.45) is -3.40. The molecule has 2 N–H and O–H groups in total. The van der Waals surface area contributed by atoms with Crippen LogP contribution in [0.4, 0.5) is 18.9 Å². The van der Waals surface area contributed by atoms with Gasteiger partial charge >= 0.3 is 6.18 Å². The van der Waals surface area contributed by atoms with E-state index in [0.717, 1.165) is 38.2 Å². The number of benzene rings is 3. The van der Waals surface area contributed by atoms with E-state index in [9.17, 15) is 13.2 Å². The zero-order valence-electron chi connectivity index (χ0n) is 21.8. The monoisotopic (exact) mass is 532 g/mol. The molecule has 8 heteroatoms. The van der Waals surface area contributed by atoms with E-state index < -0.39 is 11.7 Å². The van der Waals surface area contributed by atoms with Crippen LogP contribution in [-0.2, 0) is 12.7 Å². The summed E-state index contributed by atoms with van der Waals surface area (Å²) in [5, 5.41) is 0.711. The maximum atomic E-state index is 13.9. The average Bonchev–Trinajstić information content (AvgIpc) is 3.49. The third kappa shape index (κ3) is 5.18. The summed E-state index contributed by atoms with van der Waals surface area (Å²) < 4.78 is 47.5. The van der Waals surface area contributed by atoms with E-state index in [1.165, 1.54) is 5.56 Å². The van der Waals surface area contributed by atoms with Gasteiger partial charge in [-0.05, 0) is 48.7 Å². The van der Waals surface area contributed by atoms with Crippen LogP contribution in [0.1, 0.15) is 23.2 Å². The number of hydrogen-bond acceptors (Lipinski definition) is 5. The molecule has 2 fully saturated rings. The number of halogens is 3. The van der Waals surface area contributed by atoms with E-state index in [0.29, 0.717) is 58.6 Å². The number of anilines is 1. The number of ether oxygens (including phenoxy) is 1. The van der Waals surface area contributed by atoms with Gasteiger partial charge in [0, 0.05) is 54.9 Å². The predicted octanol–water partition coefficient (Wildman–Crippen LogP) is 6.15. The Morgan fingerprint density at radius 2 is 1.67 bits per heavy atom. The van der Waals surface area contributed by atoms with Crippen LogP contribution in [0.2, 0.25) is 0 Å². The second-order valence-corrected chi connectivity index (χ2v) is 10.5. The van der Waals surface area contributed by atoms with Crippen LogP contribution in [-0.4, -0.2) is 53.1 Å². The first-order valence-corrected chi connectivity index (χ1v) is 13.3. The van der Waals surface area contributed by atoms with Crippen LogP contribution in [0.25, 0.3) is 22.0 Å².